The first kappa shape index (κ1) is 12.1. The molecule has 0 spiro atoms. The van der Waals surface area contributed by atoms with E-state index in [9.17, 15) is 0 Å². The van der Waals surface area contributed by atoms with Gasteiger partial charge < -0.3 is 9.40 Å². The molecule has 3 aromatic carbocycles. The number of aromatic nitrogens is 2. The van der Waals surface area contributed by atoms with Gasteiger partial charge in [-0.1, -0.05) is 36.4 Å². The zero-order valence-corrected chi connectivity index (χ0v) is 12.7. The lowest BCUT2D eigenvalue weighted by atomic mass is 10.0. The lowest BCUT2D eigenvalue weighted by Gasteiger charge is -2.02. The monoisotopic (exact) mass is 308 g/mol. The summed E-state index contributed by atoms with van der Waals surface area (Å²) in [5.41, 5.74) is 4.08. The predicted molar refractivity (Wildman–Crippen MR) is 98.4 cm³/mol. The molecule has 3 aromatic heterocycles. The molecule has 112 valence electrons. The van der Waals surface area contributed by atoms with Gasteiger partial charge in [-0.25, -0.2) is 0 Å². The molecule has 24 heavy (non-hydrogen) atoms. The van der Waals surface area contributed by atoms with Crippen molar-refractivity contribution in [2.75, 3.05) is 0 Å². The number of nitrogens with one attached hydrogen (secondary N) is 1. The average molecular weight is 308 g/mol. The van der Waals surface area contributed by atoms with Crippen LogP contribution >= 0.6 is 0 Å². The maximum absolute atomic E-state index is 6.21. The van der Waals surface area contributed by atoms with Gasteiger partial charge in [0, 0.05) is 39.5 Å². The van der Waals surface area contributed by atoms with E-state index >= 15 is 0 Å². The van der Waals surface area contributed by atoms with Gasteiger partial charge in [-0.15, -0.1) is 0 Å². The maximum Gasteiger partial charge on any atom is 0.146 e. The Bertz CT molecular complexity index is 1410. The van der Waals surface area contributed by atoms with E-state index in [1.165, 1.54) is 16.2 Å². The van der Waals surface area contributed by atoms with Crippen LogP contribution in [0.2, 0.25) is 0 Å². The SMILES string of the molecule is c1ccc2c(c1)[nH]c1c2c2ccncc2c2oc3ccccc3c12. The van der Waals surface area contributed by atoms with Gasteiger partial charge in [0.1, 0.15) is 11.2 Å². The number of nitrogens with zero attached hydrogens (tertiary/aromatic N) is 1. The molecule has 0 fully saturated rings. The highest BCUT2D eigenvalue weighted by atomic mass is 16.3. The van der Waals surface area contributed by atoms with Crippen LogP contribution in [-0.2, 0) is 0 Å². The van der Waals surface area contributed by atoms with Crippen LogP contribution in [0.15, 0.2) is 71.4 Å². The van der Waals surface area contributed by atoms with Crippen molar-refractivity contribution in [3.8, 4) is 0 Å². The van der Waals surface area contributed by atoms with E-state index in [2.05, 4.69) is 52.4 Å². The van der Waals surface area contributed by atoms with Crippen LogP contribution in [0.4, 0.5) is 0 Å². The molecule has 0 aliphatic rings. The summed E-state index contributed by atoms with van der Waals surface area (Å²) >= 11 is 0. The second-order valence-electron chi connectivity index (χ2n) is 6.14. The largest absolute Gasteiger partial charge is 0.455 e. The number of H-pyrrole nitrogens is 1. The van der Waals surface area contributed by atoms with Gasteiger partial charge in [-0.2, -0.15) is 0 Å². The predicted octanol–water partition coefficient (Wildman–Crippen LogP) is 5.77. The molecule has 0 bridgehead atoms. The Hall–Kier alpha value is -3.33. The van der Waals surface area contributed by atoms with Crippen LogP contribution in [0.5, 0.6) is 0 Å². The normalized spacial score (nSPS) is 12.2. The van der Waals surface area contributed by atoms with Crippen LogP contribution in [0.25, 0.3) is 54.5 Å². The number of hydrogen-bond donors (Lipinski definition) is 1. The third-order valence-electron chi connectivity index (χ3n) is 4.89. The number of aromatic amines is 1. The zero-order valence-electron chi connectivity index (χ0n) is 12.7. The van der Waals surface area contributed by atoms with Crippen molar-refractivity contribution < 1.29 is 4.42 Å². The van der Waals surface area contributed by atoms with Crippen molar-refractivity contribution >= 4 is 54.5 Å². The molecule has 3 nitrogen and oxygen atoms in total. The van der Waals surface area contributed by atoms with Crippen molar-refractivity contribution in [3.05, 3.63) is 67.0 Å². The Morgan fingerprint density at radius 1 is 0.750 bits per heavy atom. The Balaban J connectivity index is 2.08. The van der Waals surface area contributed by atoms with Crippen molar-refractivity contribution in [1.29, 1.82) is 0 Å². The fraction of sp³-hybridized carbons (Fsp3) is 0. The van der Waals surface area contributed by atoms with Crippen LogP contribution in [0, 0.1) is 0 Å². The molecule has 1 N–H and O–H groups in total. The first-order valence-electron chi connectivity index (χ1n) is 7.99. The van der Waals surface area contributed by atoms with E-state index in [1.807, 2.05) is 24.5 Å². The molecule has 0 unspecified atom stereocenters. The van der Waals surface area contributed by atoms with Crippen molar-refractivity contribution in [2.45, 2.75) is 0 Å². The number of furan rings is 1. The molecule has 0 amide bonds. The first-order chi connectivity index (χ1) is 11.9. The number of hydrogen-bond acceptors (Lipinski definition) is 2. The average Bonchev–Trinajstić information content (AvgIpc) is 3.20. The fourth-order valence-corrected chi connectivity index (χ4v) is 3.89. The summed E-state index contributed by atoms with van der Waals surface area (Å²) in [7, 11) is 0. The summed E-state index contributed by atoms with van der Waals surface area (Å²) in [6, 6.07) is 18.7. The highest BCUT2D eigenvalue weighted by molar-refractivity contribution is 6.34. The van der Waals surface area contributed by atoms with Crippen molar-refractivity contribution in [1.82, 2.24) is 9.97 Å². The second-order valence-corrected chi connectivity index (χ2v) is 6.14. The molecule has 6 rings (SSSR count). The first-order valence-corrected chi connectivity index (χ1v) is 7.99. The third-order valence-corrected chi connectivity index (χ3v) is 4.89. The number of rotatable bonds is 0. The molecule has 0 radical (unpaired) electrons. The van der Waals surface area contributed by atoms with Crippen molar-refractivity contribution in [2.24, 2.45) is 0 Å². The molecule has 3 heteroatoms. The number of pyridine rings is 1. The lowest BCUT2D eigenvalue weighted by Crippen LogP contribution is -1.80. The maximum atomic E-state index is 6.21. The number of fused-ring (bicyclic) bond motifs is 10. The standard InChI is InChI=1S/C21H12N2O/c1-3-7-16-13(5-1)18-12-9-10-22-11-15(12)21-19(20(18)23-16)14-6-2-4-8-17(14)24-21/h1-11,23H. The van der Waals surface area contributed by atoms with Gasteiger partial charge in [-0.05, 0) is 23.6 Å². The third kappa shape index (κ3) is 1.35. The molecule has 0 aliphatic heterocycles. The summed E-state index contributed by atoms with van der Waals surface area (Å²) < 4.78 is 6.21. The van der Waals surface area contributed by atoms with E-state index < -0.39 is 0 Å². The van der Waals surface area contributed by atoms with E-state index in [4.69, 9.17) is 4.42 Å². The van der Waals surface area contributed by atoms with Gasteiger partial charge in [0.05, 0.1) is 10.9 Å². The smallest absolute Gasteiger partial charge is 0.146 e. The van der Waals surface area contributed by atoms with Crippen molar-refractivity contribution in [3.63, 3.8) is 0 Å². The lowest BCUT2D eigenvalue weighted by molar-refractivity contribution is 0.673. The Kier molecular flexibility index (Phi) is 2.10. The summed E-state index contributed by atoms with van der Waals surface area (Å²) in [4.78, 5) is 7.95. The topological polar surface area (TPSA) is 41.8 Å². The van der Waals surface area contributed by atoms with Gasteiger partial charge in [0.15, 0.2) is 0 Å². The molecular weight excluding hydrogens is 296 g/mol. The molecule has 0 saturated carbocycles. The minimum atomic E-state index is 0.901. The van der Waals surface area contributed by atoms with E-state index in [0.29, 0.717) is 0 Å². The minimum absolute atomic E-state index is 0.901. The molecule has 0 saturated heterocycles. The Morgan fingerprint density at radius 3 is 2.54 bits per heavy atom. The second kappa shape index (κ2) is 4.15. The Labute approximate surface area is 136 Å². The number of para-hydroxylation sites is 2. The summed E-state index contributed by atoms with van der Waals surface area (Å²) in [5.74, 6) is 0. The van der Waals surface area contributed by atoms with Gasteiger partial charge in [0.25, 0.3) is 0 Å². The van der Waals surface area contributed by atoms with E-state index in [0.717, 1.165) is 38.4 Å². The molecule has 0 aliphatic carbocycles. The fourth-order valence-electron chi connectivity index (χ4n) is 3.89. The highest BCUT2D eigenvalue weighted by Crippen LogP contribution is 2.42. The van der Waals surface area contributed by atoms with Crippen LogP contribution in [0.1, 0.15) is 0 Å². The minimum Gasteiger partial charge on any atom is -0.455 e. The zero-order chi connectivity index (χ0) is 15.7. The summed E-state index contributed by atoms with van der Waals surface area (Å²) in [6.45, 7) is 0. The molecule has 0 atom stereocenters. The van der Waals surface area contributed by atoms with Crippen LogP contribution in [0.3, 0.4) is 0 Å². The van der Waals surface area contributed by atoms with E-state index in [1.54, 1.807) is 0 Å². The van der Waals surface area contributed by atoms with Crippen LogP contribution in [-0.4, -0.2) is 9.97 Å². The van der Waals surface area contributed by atoms with E-state index in [-0.39, 0.29) is 0 Å². The summed E-state index contributed by atoms with van der Waals surface area (Å²) in [5, 5.41) is 6.97. The highest BCUT2D eigenvalue weighted by Gasteiger charge is 2.18. The molecule has 3 heterocycles. The quantitative estimate of drug-likeness (QED) is 0.387. The Morgan fingerprint density at radius 2 is 1.58 bits per heavy atom. The summed E-state index contributed by atoms with van der Waals surface area (Å²) in [6.07, 6.45) is 3.75. The van der Waals surface area contributed by atoms with Gasteiger partial charge in [-0.3, -0.25) is 4.98 Å². The number of benzene rings is 3. The van der Waals surface area contributed by atoms with Gasteiger partial charge >= 0.3 is 0 Å². The van der Waals surface area contributed by atoms with Gasteiger partial charge in [0.2, 0.25) is 0 Å². The molecular formula is C21H12N2O. The van der Waals surface area contributed by atoms with Crippen LogP contribution < -0.4 is 0 Å². The molecule has 6 aromatic rings.